The van der Waals surface area contributed by atoms with Crippen molar-refractivity contribution in [2.24, 2.45) is 5.92 Å². The first-order valence-corrected chi connectivity index (χ1v) is 6.76. The number of hydrogen-bond donors (Lipinski definition) is 2. The summed E-state index contributed by atoms with van der Waals surface area (Å²) < 4.78 is 5.07. The number of amides is 1. The van der Waals surface area contributed by atoms with E-state index in [1.54, 1.807) is 31.4 Å². The number of aliphatic carboxylic acids is 1. The minimum atomic E-state index is -0.931. The molecule has 1 aromatic rings. The predicted molar refractivity (Wildman–Crippen MR) is 73.5 cm³/mol. The Labute approximate surface area is 117 Å². The quantitative estimate of drug-likeness (QED) is 0.835. The summed E-state index contributed by atoms with van der Waals surface area (Å²) in [5, 5.41) is 11.8. The van der Waals surface area contributed by atoms with Gasteiger partial charge in [-0.25, -0.2) is 0 Å². The lowest BCUT2D eigenvalue weighted by molar-refractivity contribution is -0.138. The van der Waals surface area contributed by atoms with Crippen LogP contribution in [0, 0.1) is 5.92 Å². The summed E-state index contributed by atoms with van der Waals surface area (Å²) >= 11 is 0. The van der Waals surface area contributed by atoms with Crippen molar-refractivity contribution in [3.05, 3.63) is 29.8 Å². The van der Waals surface area contributed by atoms with Gasteiger partial charge >= 0.3 is 5.97 Å². The Bertz CT molecular complexity index is 479. The standard InChI is InChI=1S/C15H19NO4/c1-20-12-7-5-10(6-8-12)13(9-14(17)18)16-15(19)11-3-2-4-11/h5-8,11,13H,2-4,9H2,1H3,(H,16,19)(H,17,18). The molecule has 5 nitrogen and oxygen atoms in total. The molecule has 1 aromatic carbocycles. The molecule has 5 heteroatoms. The Hall–Kier alpha value is -2.04. The number of nitrogens with one attached hydrogen (secondary N) is 1. The van der Waals surface area contributed by atoms with Crippen LogP contribution >= 0.6 is 0 Å². The van der Waals surface area contributed by atoms with Crippen LogP contribution in [0.3, 0.4) is 0 Å². The fourth-order valence-electron chi connectivity index (χ4n) is 2.22. The third-order valence-electron chi connectivity index (χ3n) is 3.69. The van der Waals surface area contributed by atoms with Gasteiger partial charge in [0.1, 0.15) is 5.75 Å². The molecular weight excluding hydrogens is 258 g/mol. The lowest BCUT2D eigenvalue weighted by Crippen LogP contribution is -2.37. The summed E-state index contributed by atoms with van der Waals surface area (Å²) in [6.45, 7) is 0. The molecule has 1 fully saturated rings. The molecule has 0 aliphatic heterocycles. The van der Waals surface area contributed by atoms with E-state index in [0.717, 1.165) is 24.8 Å². The molecule has 1 unspecified atom stereocenters. The van der Waals surface area contributed by atoms with Gasteiger partial charge in [-0.3, -0.25) is 9.59 Å². The number of methoxy groups -OCH3 is 1. The number of carbonyl (C=O) groups is 2. The Balaban J connectivity index is 2.08. The van der Waals surface area contributed by atoms with Crippen molar-refractivity contribution in [3.8, 4) is 5.75 Å². The topological polar surface area (TPSA) is 75.6 Å². The van der Waals surface area contributed by atoms with Gasteiger partial charge in [-0.15, -0.1) is 0 Å². The fraction of sp³-hybridized carbons (Fsp3) is 0.467. The molecule has 1 amide bonds. The van der Waals surface area contributed by atoms with E-state index in [1.165, 1.54) is 0 Å². The maximum absolute atomic E-state index is 12.0. The third kappa shape index (κ3) is 3.50. The van der Waals surface area contributed by atoms with E-state index >= 15 is 0 Å². The monoisotopic (exact) mass is 277 g/mol. The van der Waals surface area contributed by atoms with E-state index in [0.29, 0.717) is 5.75 Å². The van der Waals surface area contributed by atoms with Crippen molar-refractivity contribution in [1.82, 2.24) is 5.32 Å². The molecule has 2 rings (SSSR count). The number of ether oxygens (including phenoxy) is 1. The summed E-state index contributed by atoms with van der Waals surface area (Å²) in [7, 11) is 1.57. The summed E-state index contributed by atoms with van der Waals surface area (Å²) in [4.78, 5) is 22.9. The molecule has 0 heterocycles. The van der Waals surface area contributed by atoms with E-state index in [-0.39, 0.29) is 18.2 Å². The van der Waals surface area contributed by atoms with E-state index < -0.39 is 12.0 Å². The van der Waals surface area contributed by atoms with Gasteiger partial charge < -0.3 is 15.2 Å². The second kappa shape index (κ2) is 6.41. The van der Waals surface area contributed by atoms with E-state index in [9.17, 15) is 9.59 Å². The third-order valence-corrected chi connectivity index (χ3v) is 3.69. The van der Waals surface area contributed by atoms with Gasteiger partial charge in [-0.05, 0) is 30.5 Å². The zero-order valence-corrected chi connectivity index (χ0v) is 11.5. The predicted octanol–water partition coefficient (Wildman–Crippen LogP) is 2.13. The van der Waals surface area contributed by atoms with Gasteiger partial charge in [0.15, 0.2) is 0 Å². The second-order valence-corrected chi connectivity index (χ2v) is 5.06. The molecule has 1 aliphatic rings. The molecule has 1 aliphatic carbocycles. The largest absolute Gasteiger partial charge is 0.497 e. The van der Waals surface area contributed by atoms with Gasteiger partial charge in [0, 0.05) is 5.92 Å². The van der Waals surface area contributed by atoms with E-state index in [1.807, 2.05) is 0 Å². The molecular formula is C15H19NO4. The van der Waals surface area contributed by atoms with Crippen molar-refractivity contribution < 1.29 is 19.4 Å². The molecule has 108 valence electrons. The van der Waals surface area contributed by atoms with Crippen LogP contribution in [0.2, 0.25) is 0 Å². The summed E-state index contributed by atoms with van der Waals surface area (Å²) in [6.07, 6.45) is 2.75. The minimum absolute atomic E-state index is 0.0432. The van der Waals surface area contributed by atoms with Crippen LogP contribution in [0.15, 0.2) is 24.3 Å². The molecule has 2 N–H and O–H groups in total. The Kier molecular flexibility index (Phi) is 4.61. The summed E-state index contributed by atoms with van der Waals surface area (Å²) in [5.74, 6) is -0.226. The van der Waals surface area contributed by atoms with Crippen molar-refractivity contribution in [2.75, 3.05) is 7.11 Å². The van der Waals surface area contributed by atoms with Gasteiger partial charge in [0.05, 0.1) is 19.6 Å². The molecule has 1 saturated carbocycles. The number of benzene rings is 1. The van der Waals surface area contributed by atoms with Crippen LogP contribution in [0.25, 0.3) is 0 Å². The van der Waals surface area contributed by atoms with Gasteiger partial charge in [-0.2, -0.15) is 0 Å². The van der Waals surface area contributed by atoms with Crippen LogP contribution < -0.4 is 10.1 Å². The highest BCUT2D eigenvalue weighted by atomic mass is 16.5. The van der Waals surface area contributed by atoms with Crippen LogP contribution in [0.5, 0.6) is 5.75 Å². The van der Waals surface area contributed by atoms with Crippen molar-refractivity contribution >= 4 is 11.9 Å². The van der Waals surface area contributed by atoms with Gasteiger partial charge in [0.25, 0.3) is 0 Å². The van der Waals surface area contributed by atoms with Crippen molar-refractivity contribution in [2.45, 2.75) is 31.7 Å². The maximum atomic E-state index is 12.0. The molecule has 0 bridgehead atoms. The van der Waals surface area contributed by atoms with Crippen LogP contribution in [0.1, 0.15) is 37.3 Å². The smallest absolute Gasteiger partial charge is 0.305 e. The first kappa shape index (κ1) is 14.4. The molecule has 20 heavy (non-hydrogen) atoms. The van der Waals surface area contributed by atoms with E-state index in [4.69, 9.17) is 9.84 Å². The van der Waals surface area contributed by atoms with E-state index in [2.05, 4.69) is 5.32 Å². The van der Waals surface area contributed by atoms with Crippen molar-refractivity contribution in [1.29, 1.82) is 0 Å². The van der Waals surface area contributed by atoms with Gasteiger partial charge in [-0.1, -0.05) is 18.6 Å². The minimum Gasteiger partial charge on any atom is -0.497 e. The maximum Gasteiger partial charge on any atom is 0.305 e. The van der Waals surface area contributed by atoms with Crippen LogP contribution in [0.4, 0.5) is 0 Å². The molecule has 0 saturated heterocycles. The number of hydrogen-bond acceptors (Lipinski definition) is 3. The summed E-state index contributed by atoms with van der Waals surface area (Å²) in [5.41, 5.74) is 0.779. The lowest BCUT2D eigenvalue weighted by atomic mass is 9.84. The number of carbonyl (C=O) groups excluding carboxylic acids is 1. The second-order valence-electron chi connectivity index (χ2n) is 5.06. The first-order valence-electron chi connectivity index (χ1n) is 6.76. The fourth-order valence-corrected chi connectivity index (χ4v) is 2.22. The number of rotatable bonds is 6. The Morgan fingerprint density at radius 2 is 2.00 bits per heavy atom. The highest BCUT2D eigenvalue weighted by Crippen LogP contribution is 2.28. The zero-order valence-electron chi connectivity index (χ0n) is 11.5. The average Bonchev–Trinajstić information content (AvgIpc) is 2.35. The average molecular weight is 277 g/mol. The molecule has 0 spiro atoms. The number of carboxylic acid groups (broad SMARTS) is 1. The Morgan fingerprint density at radius 1 is 1.35 bits per heavy atom. The normalized spacial score (nSPS) is 16.1. The zero-order chi connectivity index (χ0) is 14.5. The van der Waals surface area contributed by atoms with Crippen LogP contribution in [-0.2, 0) is 9.59 Å². The highest BCUT2D eigenvalue weighted by molar-refractivity contribution is 5.80. The van der Waals surface area contributed by atoms with Gasteiger partial charge in [0.2, 0.25) is 5.91 Å². The molecule has 0 radical (unpaired) electrons. The Morgan fingerprint density at radius 3 is 2.45 bits per heavy atom. The molecule has 0 aromatic heterocycles. The summed E-state index contributed by atoms with van der Waals surface area (Å²) in [6, 6.07) is 6.60. The SMILES string of the molecule is COc1ccc(C(CC(=O)O)NC(=O)C2CCC2)cc1. The number of carboxylic acids is 1. The highest BCUT2D eigenvalue weighted by Gasteiger charge is 2.28. The molecule has 1 atom stereocenters. The first-order chi connectivity index (χ1) is 9.60. The van der Waals surface area contributed by atoms with Crippen LogP contribution in [-0.4, -0.2) is 24.1 Å². The lowest BCUT2D eigenvalue weighted by Gasteiger charge is -2.27. The van der Waals surface area contributed by atoms with Crippen molar-refractivity contribution in [3.63, 3.8) is 0 Å².